The van der Waals surface area contributed by atoms with E-state index in [9.17, 15) is 9.59 Å². The van der Waals surface area contributed by atoms with Crippen LogP contribution in [0.2, 0.25) is 0 Å². The predicted octanol–water partition coefficient (Wildman–Crippen LogP) is 3.43. The Labute approximate surface area is 151 Å². The molecule has 0 aliphatic rings. The Morgan fingerprint density at radius 3 is 2.38 bits per heavy atom. The van der Waals surface area contributed by atoms with Gasteiger partial charge in [-0.2, -0.15) is 0 Å². The van der Waals surface area contributed by atoms with Gasteiger partial charge in [0.2, 0.25) is 11.7 Å². The van der Waals surface area contributed by atoms with Gasteiger partial charge >= 0.3 is 0 Å². The fraction of sp³-hybridized carbons (Fsp3) is 0.100. The number of rotatable bonds is 5. The summed E-state index contributed by atoms with van der Waals surface area (Å²) in [5.74, 6) is -0.337. The molecule has 3 rings (SSSR count). The summed E-state index contributed by atoms with van der Waals surface area (Å²) in [5.41, 5.74) is 3.42. The van der Waals surface area contributed by atoms with Crippen LogP contribution in [0.5, 0.6) is 0 Å². The van der Waals surface area contributed by atoms with Gasteiger partial charge in [0, 0.05) is 12.6 Å². The van der Waals surface area contributed by atoms with Gasteiger partial charge in [0.15, 0.2) is 5.69 Å². The average Bonchev–Trinajstić information content (AvgIpc) is 3.03. The highest BCUT2D eigenvalue weighted by Crippen LogP contribution is 2.14. The van der Waals surface area contributed by atoms with Gasteiger partial charge < -0.3 is 5.32 Å². The lowest BCUT2D eigenvalue weighted by Crippen LogP contribution is -2.05. The van der Waals surface area contributed by atoms with Crippen LogP contribution in [0.25, 0.3) is 11.8 Å². The SMILES string of the molecule is CC(=O)Nc1ccc(/C=C/C(=O)c2nnn(-c3ccccc3)c2C)cc1. The molecule has 2 aromatic carbocycles. The van der Waals surface area contributed by atoms with Crippen LogP contribution < -0.4 is 5.32 Å². The van der Waals surface area contributed by atoms with Crippen molar-refractivity contribution in [3.05, 3.63) is 77.6 Å². The Balaban J connectivity index is 1.75. The summed E-state index contributed by atoms with van der Waals surface area (Å²) in [4.78, 5) is 23.5. The maximum Gasteiger partial charge on any atom is 0.221 e. The molecule has 0 unspecified atom stereocenters. The molecule has 0 aliphatic carbocycles. The molecule has 3 aromatic rings. The van der Waals surface area contributed by atoms with Crippen molar-refractivity contribution in [2.75, 3.05) is 5.32 Å². The molecule has 0 saturated carbocycles. The van der Waals surface area contributed by atoms with E-state index in [1.807, 2.05) is 49.4 Å². The number of benzene rings is 2. The third kappa shape index (κ3) is 3.92. The maximum atomic E-state index is 12.4. The molecule has 1 heterocycles. The zero-order valence-electron chi connectivity index (χ0n) is 14.5. The summed E-state index contributed by atoms with van der Waals surface area (Å²) in [6, 6.07) is 16.7. The van der Waals surface area contributed by atoms with Crippen molar-refractivity contribution in [2.24, 2.45) is 0 Å². The molecule has 0 aliphatic heterocycles. The van der Waals surface area contributed by atoms with Gasteiger partial charge in [-0.25, -0.2) is 4.68 Å². The molecule has 0 spiro atoms. The minimum Gasteiger partial charge on any atom is -0.326 e. The molecule has 1 aromatic heterocycles. The van der Waals surface area contributed by atoms with Crippen LogP contribution in [0.3, 0.4) is 0 Å². The number of carbonyl (C=O) groups is 2. The number of hydrogen-bond acceptors (Lipinski definition) is 4. The molecule has 0 fully saturated rings. The van der Waals surface area contributed by atoms with Crippen molar-refractivity contribution in [1.82, 2.24) is 15.0 Å². The van der Waals surface area contributed by atoms with Crippen molar-refractivity contribution >= 4 is 23.5 Å². The summed E-state index contributed by atoms with van der Waals surface area (Å²) in [6.07, 6.45) is 3.18. The van der Waals surface area contributed by atoms with Gasteiger partial charge in [-0.15, -0.1) is 5.10 Å². The van der Waals surface area contributed by atoms with Crippen molar-refractivity contribution in [2.45, 2.75) is 13.8 Å². The molecule has 6 nitrogen and oxygen atoms in total. The first-order valence-electron chi connectivity index (χ1n) is 8.12. The summed E-state index contributed by atoms with van der Waals surface area (Å²) in [7, 11) is 0. The molecule has 0 atom stereocenters. The lowest BCUT2D eigenvalue weighted by atomic mass is 10.1. The van der Waals surface area contributed by atoms with Gasteiger partial charge in [-0.3, -0.25) is 9.59 Å². The molecule has 130 valence electrons. The highest BCUT2D eigenvalue weighted by Gasteiger charge is 2.14. The van der Waals surface area contributed by atoms with E-state index in [0.717, 1.165) is 11.3 Å². The third-order valence-corrected chi connectivity index (χ3v) is 3.79. The van der Waals surface area contributed by atoms with Crippen LogP contribution in [0.15, 0.2) is 60.7 Å². The smallest absolute Gasteiger partial charge is 0.221 e. The first-order chi connectivity index (χ1) is 12.5. The van der Waals surface area contributed by atoms with Gasteiger partial charge in [-0.1, -0.05) is 41.6 Å². The fourth-order valence-electron chi connectivity index (χ4n) is 2.50. The number of allylic oxidation sites excluding steroid dienone is 1. The zero-order chi connectivity index (χ0) is 18.5. The zero-order valence-corrected chi connectivity index (χ0v) is 14.5. The summed E-state index contributed by atoms with van der Waals surface area (Å²) < 4.78 is 1.64. The molecule has 0 bridgehead atoms. The number of nitrogens with zero attached hydrogens (tertiary/aromatic N) is 3. The van der Waals surface area contributed by atoms with Crippen LogP contribution in [0, 0.1) is 6.92 Å². The van der Waals surface area contributed by atoms with E-state index in [2.05, 4.69) is 15.6 Å². The number of anilines is 1. The highest BCUT2D eigenvalue weighted by molar-refractivity contribution is 6.06. The number of ketones is 1. The van der Waals surface area contributed by atoms with Gasteiger partial charge in [0.05, 0.1) is 11.4 Å². The number of carbonyl (C=O) groups excluding carboxylic acids is 2. The molecular formula is C20H18N4O2. The Bertz CT molecular complexity index is 957. The lowest BCUT2D eigenvalue weighted by Gasteiger charge is -2.02. The number of para-hydroxylation sites is 1. The summed E-state index contributed by atoms with van der Waals surface area (Å²) in [5, 5.41) is 10.8. The maximum absolute atomic E-state index is 12.4. The number of nitrogens with one attached hydrogen (secondary N) is 1. The van der Waals surface area contributed by atoms with Crippen molar-refractivity contribution in [3.8, 4) is 5.69 Å². The average molecular weight is 346 g/mol. The second-order valence-corrected chi connectivity index (χ2v) is 5.77. The lowest BCUT2D eigenvalue weighted by molar-refractivity contribution is -0.114. The van der Waals surface area contributed by atoms with Crippen molar-refractivity contribution in [1.29, 1.82) is 0 Å². The normalized spacial score (nSPS) is 10.8. The quantitative estimate of drug-likeness (QED) is 0.567. The monoisotopic (exact) mass is 346 g/mol. The van der Waals surface area contributed by atoms with E-state index < -0.39 is 0 Å². The molecule has 1 amide bonds. The number of hydrogen-bond donors (Lipinski definition) is 1. The van der Waals surface area contributed by atoms with E-state index in [-0.39, 0.29) is 11.7 Å². The highest BCUT2D eigenvalue weighted by atomic mass is 16.1. The van der Waals surface area contributed by atoms with Crippen LogP contribution in [-0.4, -0.2) is 26.7 Å². The Kier molecular flexibility index (Phi) is 5.03. The first-order valence-corrected chi connectivity index (χ1v) is 8.12. The fourth-order valence-corrected chi connectivity index (χ4v) is 2.50. The van der Waals surface area contributed by atoms with E-state index >= 15 is 0 Å². The van der Waals surface area contributed by atoms with Crippen molar-refractivity contribution in [3.63, 3.8) is 0 Å². The summed E-state index contributed by atoms with van der Waals surface area (Å²) in [6.45, 7) is 3.27. The minimum absolute atomic E-state index is 0.125. The van der Waals surface area contributed by atoms with Gasteiger partial charge in [-0.05, 0) is 42.8 Å². The Morgan fingerprint density at radius 2 is 1.73 bits per heavy atom. The topological polar surface area (TPSA) is 76.9 Å². The molecule has 1 N–H and O–H groups in total. The van der Waals surface area contributed by atoms with Crippen molar-refractivity contribution < 1.29 is 9.59 Å². The van der Waals surface area contributed by atoms with E-state index in [1.165, 1.54) is 13.0 Å². The number of aromatic nitrogens is 3. The summed E-state index contributed by atoms with van der Waals surface area (Å²) >= 11 is 0. The number of amides is 1. The van der Waals surface area contributed by atoms with Crippen LogP contribution in [-0.2, 0) is 4.79 Å². The van der Waals surface area contributed by atoms with Crippen LogP contribution >= 0.6 is 0 Å². The first kappa shape index (κ1) is 17.3. The molecular weight excluding hydrogens is 328 g/mol. The molecule has 0 radical (unpaired) electrons. The van der Waals surface area contributed by atoms with E-state index in [4.69, 9.17) is 0 Å². The van der Waals surface area contributed by atoms with Gasteiger partial charge in [0.1, 0.15) is 0 Å². The third-order valence-electron chi connectivity index (χ3n) is 3.79. The molecule has 26 heavy (non-hydrogen) atoms. The Morgan fingerprint density at radius 1 is 1.04 bits per heavy atom. The largest absolute Gasteiger partial charge is 0.326 e. The Hall–Kier alpha value is -3.54. The standard InChI is InChI=1S/C20H18N4O2/c1-14-20(22-23-24(14)18-6-4-3-5-7-18)19(26)13-10-16-8-11-17(12-9-16)21-15(2)25/h3-13H,1-2H3,(H,21,25)/b13-10+. The minimum atomic E-state index is -0.212. The van der Waals surface area contributed by atoms with Gasteiger partial charge in [0.25, 0.3) is 0 Å². The van der Waals surface area contributed by atoms with E-state index in [1.54, 1.807) is 22.9 Å². The molecule has 6 heteroatoms. The predicted molar refractivity (Wildman–Crippen MR) is 100 cm³/mol. The van der Waals surface area contributed by atoms with Crippen LogP contribution in [0.1, 0.15) is 28.7 Å². The van der Waals surface area contributed by atoms with Crippen LogP contribution in [0.4, 0.5) is 5.69 Å². The second kappa shape index (κ2) is 7.57. The van der Waals surface area contributed by atoms with E-state index in [0.29, 0.717) is 17.1 Å². The molecule has 0 saturated heterocycles. The second-order valence-electron chi connectivity index (χ2n) is 5.77.